The lowest BCUT2D eigenvalue weighted by atomic mass is 9.90. The third-order valence-corrected chi connectivity index (χ3v) is 4.39. The monoisotopic (exact) mass is 342 g/mol. The van der Waals surface area contributed by atoms with Gasteiger partial charge in [-0.15, -0.1) is 0 Å². The zero-order valence-electron chi connectivity index (χ0n) is 14.0. The molecular formula is C20H19FO4. The molecule has 0 unspecified atom stereocenters. The van der Waals surface area contributed by atoms with Crippen LogP contribution in [0.15, 0.2) is 36.4 Å². The summed E-state index contributed by atoms with van der Waals surface area (Å²) in [5, 5.41) is 0. The first kappa shape index (κ1) is 17.1. The van der Waals surface area contributed by atoms with Gasteiger partial charge in [0.25, 0.3) is 0 Å². The highest BCUT2D eigenvalue weighted by molar-refractivity contribution is 5.99. The Morgan fingerprint density at radius 2 is 1.72 bits per heavy atom. The topological polar surface area (TPSA) is 52.6 Å². The molecule has 0 heterocycles. The van der Waals surface area contributed by atoms with Crippen LogP contribution in [0.4, 0.5) is 4.39 Å². The summed E-state index contributed by atoms with van der Waals surface area (Å²) in [5.74, 6) is -1.58. The fourth-order valence-electron chi connectivity index (χ4n) is 3.00. The van der Waals surface area contributed by atoms with E-state index in [9.17, 15) is 14.0 Å². The maximum atomic E-state index is 13.6. The summed E-state index contributed by atoms with van der Waals surface area (Å²) in [4.78, 5) is 24.2. The molecule has 0 bridgehead atoms. The molecule has 2 aromatic rings. The molecule has 2 aromatic carbocycles. The number of carbonyl (C=O) groups excluding carboxylic acids is 2. The second-order valence-electron chi connectivity index (χ2n) is 6.04. The van der Waals surface area contributed by atoms with Gasteiger partial charge in [-0.3, -0.25) is 4.79 Å². The largest absolute Gasteiger partial charge is 0.494 e. The predicted molar refractivity (Wildman–Crippen MR) is 90.6 cm³/mol. The van der Waals surface area contributed by atoms with Crippen LogP contribution < -0.4 is 4.74 Å². The average molecular weight is 342 g/mol. The number of methoxy groups -OCH3 is 1. The van der Waals surface area contributed by atoms with Gasteiger partial charge in [0, 0.05) is 5.56 Å². The number of Topliss-reactive ketones (excluding diaryl/α,β-unsaturated/α-hetero) is 1. The summed E-state index contributed by atoms with van der Waals surface area (Å²) >= 11 is 0. The van der Waals surface area contributed by atoms with Crippen LogP contribution in [0.25, 0.3) is 0 Å². The molecule has 0 saturated carbocycles. The highest BCUT2D eigenvalue weighted by Gasteiger charge is 2.16. The van der Waals surface area contributed by atoms with Crippen LogP contribution in [0, 0.1) is 5.82 Å². The fourth-order valence-corrected chi connectivity index (χ4v) is 3.00. The van der Waals surface area contributed by atoms with E-state index in [1.165, 1.54) is 36.8 Å². The van der Waals surface area contributed by atoms with E-state index in [-0.39, 0.29) is 11.3 Å². The molecule has 1 aliphatic rings. The van der Waals surface area contributed by atoms with Crippen molar-refractivity contribution >= 4 is 11.8 Å². The molecular weight excluding hydrogens is 323 g/mol. The van der Waals surface area contributed by atoms with Crippen molar-refractivity contribution in [2.75, 3.05) is 13.7 Å². The quantitative estimate of drug-likeness (QED) is 0.613. The first-order valence-electron chi connectivity index (χ1n) is 8.24. The maximum absolute atomic E-state index is 13.6. The van der Waals surface area contributed by atoms with Gasteiger partial charge in [0.2, 0.25) is 0 Å². The van der Waals surface area contributed by atoms with Crippen LogP contribution in [0.2, 0.25) is 0 Å². The number of hydrogen-bond donors (Lipinski definition) is 0. The molecule has 0 N–H and O–H groups in total. The van der Waals surface area contributed by atoms with Crippen LogP contribution in [0.5, 0.6) is 5.75 Å². The van der Waals surface area contributed by atoms with Gasteiger partial charge < -0.3 is 9.47 Å². The van der Waals surface area contributed by atoms with Crippen molar-refractivity contribution in [2.45, 2.75) is 25.7 Å². The normalized spacial score (nSPS) is 13.0. The Morgan fingerprint density at radius 3 is 2.44 bits per heavy atom. The molecule has 0 fully saturated rings. The van der Waals surface area contributed by atoms with E-state index in [1.54, 1.807) is 6.07 Å². The van der Waals surface area contributed by atoms with E-state index in [0.29, 0.717) is 5.56 Å². The summed E-state index contributed by atoms with van der Waals surface area (Å²) < 4.78 is 23.5. The van der Waals surface area contributed by atoms with Gasteiger partial charge in [-0.1, -0.05) is 6.07 Å². The average Bonchev–Trinajstić information content (AvgIpc) is 2.65. The van der Waals surface area contributed by atoms with E-state index >= 15 is 0 Å². The second-order valence-corrected chi connectivity index (χ2v) is 6.04. The minimum Gasteiger partial charge on any atom is -0.494 e. The van der Waals surface area contributed by atoms with Gasteiger partial charge in [0.05, 0.1) is 12.7 Å². The number of ether oxygens (including phenoxy) is 2. The van der Waals surface area contributed by atoms with Crippen molar-refractivity contribution in [3.05, 3.63) is 64.5 Å². The summed E-state index contributed by atoms with van der Waals surface area (Å²) in [6.45, 7) is -0.429. The lowest BCUT2D eigenvalue weighted by Crippen LogP contribution is -2.15. The third-order valence-electron chi connectivity index (χ3n) is 4.39. The number of rotatable bonds is 5. The van der Waals surface area contributed by atoms with Crippen molar-refractivity contribution in [1.29, 1.82) is 0 Å². The van der Waals surface area contributed by atoms with E-state index in [2.05, 4.69) is 0 Å². The predicted octanol–water partition coefficient (Wildman–Crippen LogP) is 3.75. The fraction of sp³-hybridized carbons (Fsp3) is 0.300. The van der Waals surface area contributed by atoms with E-state index in [4.69, 9.17) is 9.47 Å². The molecule has 3 rings (SSSR count). The number of carbonyl (C=O) groups is 2. The van der Waals surface area contributed by atoms with Gasteiger partial charge in [-0.25, -0.2) is 9.18 Å². The first-order chi connectivity index (χ1) is 12.1. The van der Waals surface area contributed by atoms with Gasteiger partial charge in [0.15, 0.2) is 24.0 Å². The molecule has 0 atom stereocenters. The zero-order chi connectivity index (χ0) is 17.8. The molecule has 0 spiro atoms. The van der Waals surface area contributed by atoms with Crippen molar-refractivity contribution < 1.29 is 23.5 Å². The van der Waals surface area contributed by atoms with Crippen molar-refractivity contribution in [3.8, 4) is 5.75 Å². The molecule has 0 saturated heterocycles. The molecule has 0 radical (unpaired) electrons. The van der Waals surface area contributed by atoms with Crippen molar-refractivity contribution in [2.24, 2.45) is 0 Å². The van der Waals surface area contributed by atoms with Crippen LogP contribution in [-0.4, -0.2) is 25.5 Å². The minimum absolute atomic E-state index is 0.0580. The molecule has 1 aliphatic carbocycles. The Hall–Kier alpha value is -2.69. The zero-order valence-corrected chi connectivity index (χ0v) is 14.0. The molecule has 5 heteroatoms. The SMILES string of the molecule is COc1ccc(C(=O)COC(=O)c2ccc3c(c2)CCCC3)cc1F. The summed E-state index contributed by atoms with van der Waals surface area (Å²) in [6.07, 6.45) is 4.28. The van der Waals surface area contributed by atoms with E-state index in [0.717, 1.165) is 25.3 Å². The Bertz CT molecular complexity index is 813. The lowest BCUT2D eigenvalue weighted by molar-refractivity contribution is 0.0474. The molecule has 4 nitrogen and oxygen atoms in total. The Kier molecular flexibility index (Phi) is 5.12. The lowest BCUT2D eigenvalue weighted by Gasteiger charge is -2.16. The third kappa shape index (κ3) is 3.87. The van der Waals surface area contributed by atoms with Crippen LogP contribution in [0.1, 0.15) is 44.7 Å². The molecule has 0 aromatic heterocycles. The second kappa shape index (κ2) is 7.47. The molecule has 0 amide bonds. The number of fused-ring (bicyclic) bond motifs is 1. The van der Waals surface area contributed by atoms with Gasteiger partial charge in [-0.05, 0) is 67.1 Å². The first-order valence-corrected chi connectivity index (χ1v) is 8.24. The molecule has 130 valence electrons. The van der Waals surface area contributed by atoms with Crippen molar-refractivity contribution in [3.63, 3.8) is 0 Å². The highest BCUT2D eigenvalue weighted by atomic mass is 19.1. The minimum atomic E-state index is -0.630. The Labute approximate surface area is 145 Å². The summed E-state index contributed by atoms with van der Waals surface area (Å²) in [7, 11) is 1.35. The van der Waals surface area contributed by atoms with Crippen LogP contribution in [-0.2, 0) is 17.6 Å². The number of hydrogen-bond acceptors (Lipinski definition) is 4. The number of benzene rings is 2. The van der Waals surface area contributed by atoms with Gasteiger partial charge in [0.1, 0.15) is 0 Å². The van der Waals surface area contributed by atoms with E-state index in [1.807, 2.05) is 12.1 Å². The van der Waals surface area contributed by atoms with Gasteiger partial charge >= 0.3 is 5.97 Å². The Morgan fingerprint density at radius 1 is 1.00 bits per heavy atom. The summed E-state index contributed by atoms with van der Waals surface area (Å²) in [5.41, 5.74) is 3.02. The Balaban J connectivity index is 1.64. The van der Waals surface area contributed by atoms with Crippen LogP contribution in [0.3, 0.4) is 0 Å². The van der Waals surface area contributed by atoms with Crippen molar-refractivity contribution in [1.82, 2.24) is 0 Å². The maximum Gasteiger partial charge on any atom is 0.338 e. The van der Waals surface area contributed by atoms with Gasteiger partial charge in [-0.2, -0.15) is 0 Å². The van der Waals surface area contributed by atoms with E-state index < -0.39 is 24.2 Å². The van der Waals surface area contributed by atoms with Crippen LogP contribution >= 0.6 is 0 Å². The number of ketones is 1. The standard InChI is InChI=1S/C20H19FO4/c1-24-19-9-8-15(11-17(19)21)18(22)12-25-20(23)16-7-6-13-4-2-3-5-14(13)10-16/h6-11H,2-5,12H2,1H3. The highest BCUT2D eigenvalue weighted by Crippen LogP contribution is 2.23. The smallest absolute Gasteiger partial charge is 0.338 e. The number of esters is 1. The number of aryl methyl sites for hydroxylation is 2. The molecule has 0 aliphatic heterocycles. The summed E-state index contributed by atoms with van der Waals surface area (Å²) in [6, 6.07) is 9.41. The number of halogens is 1. The molecule has 25 heavy (non-hydrogen) atoms.